The van der Waals surface area contributed by atoms with Crippen molar-refractivity contribution in [1.29, 1.82) is 0 Å². The van der Waals surface area contributed by atoms with Gasteiger partial charge < -0.3 is 0 Å². The third-order valence-corrected chi connectivity index (χ3v) is 27.3. The lowest BCUT2D eigenvalue weighted by Gasteiger charge is -2.34. The monoisotopic (exact) mass is 1400 g/mol. The fourth-order valence-electron chi connectivity index (χ4n) is 21.2. The van der Waals surface area contributed by atoms with E-state index in [0.717, 1.165) is 51.4 Å². The van der Waals surface area contributed by atoms with Crippen LogP contribution in [0.2, 0.25) is 0 Å². The summed E-state index contributed by atoms with van der Waals surface area (Å²) in [6.45, 7) is 41.6. The van der Waals surface area contributed by atoms with E-state index < -0.39 is 0 Å². The van der Waals surface area contributed by atoms with E-state index in [9.17, 15) is 0 Å². The molecule has 0 heterocycles. The van der Waals surface area contributed by atoms with Crippen molar-refractivity contribution in [2.75, 3.05) is 0 Å². The molecule has 548 valence electrons. The van der Waals surface area contributed by atoms with Gasteiger partial charge in [-0.15, -0.1) is 0 Å². The van der Waals surface area contributed by atoms with Crippen LogP contribution in [0.15, 0.2) is 194 Å². The van der Waals surface area contributed by atoms with Crippen molar-refractivity contribution in [3.05, 3.63) is 250 Å². The summed E-state index contributed by atoms with van der Waals surface area (Å²) in [5.74, 6) is 4.24. The Morgan fingerprint density at radius 1 is 0.208 bits per heavy atom. The van der Waals surface area contributed by atoms with Gasteiger partial charge in [-0.3, -0.25) is 0 Å². The van der Waals surface area contributed by atoms with Crippen molar-refractivity contribution >= 4 is 0 Å². The first-order valence-corrected chi connectivity index (χ1v) is 42.3. The molecule has 10 aromatic carbocycles. The van der Waals surface area contributed by atoms with Crippen LogP contribution in [0.1, 0.15) is 282 Å². The third kappa shape index (κ3) is 12.6. The highest BCUT2D eigenvalue weighted by Gasteiger charge is 2.48. The molecular formula is C106H124. The van der Waals surface area contributed by atoms with Crippen LogP contribution in [0, 0.1) is 41.4 Å². The van der Waals surface area contributed by atoms with Gasteiger partial charge in [0, 0.05) is 27.1 Å². The molecule has 106 heavy (non-hydrogen) atoms. The van der Waals surface area contributed by atoms with Crippen LogP contribution in [-0.2, 0) is 27.1 Å². The summed E-state index contributed by atoms with van der Waals surface area (Å²) >= 11 is 0. The van der Waals surface area contributed by atoms with E-state index in [2.05, 4.69) is 312 Å². The Bertz CT molecular complexity index is 4890. The Kier molecular flexibility index (Phi) is 20.1. The highest BCUT2D eigenvalue weighted by Crippen LogP contribution is 2.63. The van der Waals surface area contributed by atoms with Crippen LogP contribution < -0.4 is 0 Å². The van der Waals surface area contributed by atoms with Crippen LogP contribution >= 0.6 is 0 Å². The average Bonchev–Trinajstić information content (AvgIpc) is 1.55. The largest absolute Gasteiger partial charge is 0.0654 e. The normalized spacial score (nSPS) is 16.8. The molecule has 0 fully saturated rings. The van der Waals surface area contributed by atoms with E-state index in [1.807, 2.05) is 0 Å². The standard InChI is InChI=1S/C106H124/c1-18-19-51-103(52-44-67(2)3)92-32-24-20-28-78(92)82-40-36-74(59-98(82)103)86-63-90-91-64-87(75-37-41-83-79-29-21-25-33-93(79)104(99(83)60-75,53-45-68(4)5)54-46-69(6)7)89(77-39-43-85-81-31-23-27-35-95(81)106(101(85)62-77,57-49-72(12)13)58-50-73(14)15)66-97(91)102(16,17)96(90)65-88(86)76-38-42-84-80-30-22-26-34-94(80)105(100(84)61-76,55-47-70(8)9)56-48-71(10)11/h20-43,59-73H,18-19,44-58H2,1-17H3. The molecule has 0 spiro atoms. The van der Waals surface area contributed by atoms with Gasteiger partial charge in [0.15, 0.2) is 0 Å². The van der Waals surface area contributed by atoms with E-state index >= 15 is 0 Å². The topological polar surface area (TPSA) is 0 Å². The zero-order valence-electron chi connectivity index (χ0n) is 68.0. The maximum absolute atomic E-state index is 2.73. The molecule has 0 heteroatoms. The SMILES string of the molecule is CCCCC1(CCC(C)C)c2ccccc2-c2ccc(-c3cc4c(cc3-c3ccc5c(c3)C(CCC(C)C)(CCC(C)C)c3ccccc3-5)C(C)(C)c3cc(-c5ccc6c(c5)C(CCC(C)C)(CCC(C)C)c5ccccc5-6)c(-c5ccc6c(c5)C(CCC(C)C)(CCC(C)C)c5ccccc5-6)cc3-4)cc21. The molecule has 15 rings (SSSR count). The maximum atomic E-state index is 2.73. The number of unbranched alkanes of at least 4 members (excludes halogenated alkanes) is 1. The van der Waals surface area contributed by atoms with Gasteiger partial charge in [0.25, 0.3) is 0 Å². The van der Waals surface area contributed by atoms with Crippen molar-refractivity contribution in [3.63, 3.8) is 0 Å². The first kappa shape index (κ1) is 73.7. The first-order valence-electron chi connectivity index (χ1n) is 42.3. The zero-order chi connectivity index (χ0) is 74.4. The maximum Gasteiger partial charge on any atom is 0.0215 e. The van der Waals surface area contributed by atoms with Gasteiger partial charge in [0.05, 0.1) is 0 Å². The summed E-state index contributed by atoms with van der Waals surface area (Å²) in [5, 5.41) is 0. The molecule has 5 aliphatic carbocycles. The molecule has 0 N–H and O–H groups in total. The molecule has 0 bridgehead atoms. The lowest BCUT2D eigenvalue weighted by atomic mass is 9.69. The molecule has 0 amide bonds. The molecule has 0 saturated heterocycles. The molecule has 5 aliphatic rings. The minimum Gasteiger partial charge on any atom is -0.0654 e. The molecular weight excluding hydrogens is 1270 g/mol. The Balaban J connectivity index is 1.00. The zero-order valence-corrected chi connectivity index (χ0v) is 68.0. The van der Waals surface area contributed by atoms with E-state index in [0.29, 0.717) is 41.4 Å². The van der Waals surface area contributed by atoms with E-state index in [-0.39, 0.29) is 27.1 Å². The van der Waals surface area contributed by atoms with Gasteiger partial charge >= 0.3 is 0 Å². The van der Waals surface area contributed by atoms with Crippen LogP contribution in [0.5, 0.6) is 0 Å². The summed E-state index contributed by atoms with van der Waals surface area (Å²) in [6.07, 6.45) is 19.9. The fraction of sp³-hybridized carbons (Fsp3) is 0.434. The van der Waals surface area contributed by atoms with E-state index in [4.69, 9.17) is 0 Å². The molecule has 0 nitrogen and oxygen atoms in total. The average molecular weight is 1400 g/mol. The van der Waals surface area contributed by atoms with Crippen LogP contribution in [0.4, 0.5) is 0 Å². The van der Waals surface area contributed by atoms with Crippen molar-refractivity contribution in [2.45, 2.75) is 254 Å². The molecule has 1 atom stereocenters. The molecule has 0 saturated carbocycles. The summed E-state index contributed by atoms with van der Waals surface area (Å²) in [5.41, 5.74) is 39.5. The molecule has 1 unspecified atom stereocenters. The Morgan fingerprint density at radius 3 is 0.660 bits per heavy atom. The summed E-state index contributed by atoms with van der Waals surface area (Å²) in [4.78, 5) is 0. The minimum absolute atomic E-state index is 0.0635. The Morgan fingerprint density at radius 2 is 0.425 bits per heavy atom. The van der Waals surface area contributed by atoms with Gasteiger partial charge in [0.1, 0.15) is 0 Å². The van der Waals surface area contributed by atoms with Crippen molar-refractivity contribution < 1.29 is 0 Å². The number of hydrogen-bond acceptors (Lipinski definition) is 0. The number of fused-ring (bicyclic) bond motifs is 15. The van der Waals surface area contributed by atoms with Crippen LogP contribution in [0.3, 0.4) is 0 Å². The summed E-state index contributed by atoms with van der Waals surface area (Å²) in [6, 6.07) is 80.4. The lowest BCUT2D eigenvalue weighted by molar-refractivity contribution is 0.364. The molecule has 0 aliphatic heterocycles. The first-order chi connectivity index (χ1) is 50.9. The van der Waals surface area contributed by atoms with Crippen molar-refractivity contribution in [3.8, 4) is 100 Å². The van der Waals surface area contributed by atoms with Crippen LogP contribution in [-0.4, -0.2) is 0 Å². The smallest absolute Gasteiger partial charge is 0.0215 e. The Hall–Kier alpha value is -7.80. The highest BCUT2D eigenvalue weighted by atomic mass is 14.5. The second-order valence-corrected chi connectivity index (χ2v) is 37.7. The second kappa shape index (κ2) is 29.0. The Labute approximate surface area is 641 Å². The van der Waals surface area contributed by atoms with Gasteiger partial charge in [-0.25, -0.2) is 0 Å². The minimum atomic E-state index is -0.337. The molecule has 10 aromatic rings. The molecule has 0 aromatic heterocycles. The van der Waals surface area contributed by atoms with E-state index in [1.165, 1.54) is 202 Å². The van der Waals surface area contributed by atoms with Gasteiger partial charge in [-0.1, -0.05) is 276 Å². The summed E-state index contributed by atoms with van der Waals surface area (Å²) < 4.78 is 0. The predicted octanol–water partition coefficient (Wildman–Crippen LogP) is 31.0. The highest BCUT2D eigenvalue weighted by molar-refractivity contribution is 6.00. The fourth-order valence-corrected chi connectivity index (χ4v) is 21.2. The number of benzene rings is 10. The third-order valence-electron chi connectivity index (χ3n) is 27.3. The van der Waals surface area contributed by atoms with Gasteiger partial charge in [-0.2, -0.15) is 0 Å². The van der Waals surface area contributed by atoms with Gasteiger partial charge in [0.2, 0.25) is 0 Å². The second-order valence-electron chi connectivity index (χ2n) is 37.7. The summed E-state index contributed by atoms with van der Waals surface area (Å²) in [7, 11) is 0. The van der Waals surface area contributed by atoms with Gasteiger partial charge in [-0.05, 0) is 342 Å². The quantitative estimate of drug-likeness (QED) is 0.0458. The van der Waals surface area contributed by atoms with Crippen LogP contribution in [0.25, 0.3) is 100 Å². The van der Waals surface area contributed by atoms with E-state index in [1.54, 1.807) is 11.1 Å². The van der Waals surface area contributed by atoms with Crippen molar-refractivity contribution in [1.82, 2.24) is 0 Å². The number of hydrogen-bond donors (Lipinski definition) is 0. The predicted molar refractivity (Wildman–Crippen MR) is 459 cm³/mol. The lowest BCUT2D eigenvalue weighted by Crippen LogP contribution is -2.27. The number of rotatable bonds is 28. The molecule has 0 radical (unpaired) electrons. The van der Waals surface area contributed by atoms with Crippen molar-refractivity contribution in [2.24, 2.45) is 41.4 Å².